The first kappa shape index (κ1) is 17.9. The van der Waals surface area contributed by atoms with E-state index in [1.54, 1.807) is 7.11 Å². The Labute approximate surface area is 124 Å². The van der Waals surface area contributed by atoms with Crippen LogP contribution in [0.5, 0.6) is 0 Å². The van der Waals surface area contributed by atoms with Crippen molar-refractivity contribution in [2.45, 2.75) is 77.1 Å². The normalized spacial score (nSPS) is 21.4. The molecule has 1 atom stereocenters. The molecular weight excluding hydrogens is 256 g/mol. The first-order valence-electron chi connectivity index (χ1n) is 8.02. The molecule has 0 bridgehead atoms. The van der Waals surface area contributed by atoms with Crippen LogP contribution in [0.15, 0.2) is 0 Å². The van der Waals surface area contributed by atoms with Gasteiger partial charge in [-0.25, -0.2) is 0 Å². The second-order valence-electron chi connectivity index (χ2n) is 6.03. The molecular formula is C16H32O4. The quantitative estimate of drug-likeness (QED) is 0.403. The zero-order chi connectivity index (χ0) is 14.7. The van der Waals surface area contributed by atoms with Crippen LogP contribution in [0.25, 0.3) is 0 Å². The van der Waals surface area contributed by atoms with Crippen molar-refractivity contribution in [1.82, 2.24) is 0 Å². The largest absolute Gasteiger partial charge is 0.359 e. The molecule has 0 radical (unpaired) electrons. The molecule has 120 valence electrons. The van der Waals surface area contributed by atoms with Crippen LogP contribution in [0, 0.1) is 0 Å². The Bertz CT molecular complexity index is 231. The second kappa shape index (κ2) is 10.6. The van der Waals surface area contributed by atoms with Crippen LogP contribution in [-0.2, 0) is 18.9 Å². The van der Waals surface area contributed by atoms with Crippen LogP contribution < -0.4 is 0 Å². The van der Waals surface area contributed by atoms with Gasteiger partial charge in [-0.15, -0.1) is 0 Å². The smallest absolute Gasteiger partial charge is 0.163 e. The van der Waals surface area contributed by atoms with E-state index in [0.29, 0.717) is 12.9 Å². The minimum Gasteiger partial charge on any atom is -0.359 e. The predicted molar refractivity (Wildman–Crippen MR) is 79.7 cm³/mol. The number of hydrogen-bond donors (Lipinski definition) is 0. The third kappa shape index (κ3) is 8.90. The van der Waals surface area contributed by atoms with E-state index in [1.165, 1.54) is 38.5 Å². The number of ether oxygens (including phenoxy) is 4. The van der Waals surface area contributed by atoms with Gasteiger partial charge in [0.2, 0.25) is 0 Å². The van der Waals surface area contributed by atoms with Gasteiger partial charge in [0.25, 0.3) is 0 Å². The highest BCUT2D eigenvalue weighted by Gasteiger charge is 2.31. The maximum atomic E-state index is 5.79. The van der Waals surface area contributed by atoms with Crippen LogP contribution in [0.2, 0.25) is 0 Å². The summed E-state index contributed by atoms with van der Waals surface area (Å²) in [5.41, 5.74) is 0. The summed E-state index contributed by atoms with van der Waals surface area (Å²) in [4.78, 5) is 0. The van der Waals surface area contributed by atoms with Gasteiger partial charge in [0, 0.05) is 13.7 Å². The molecule has 0 spiro atoms. The van der Waals surface area contributed by atoms with E-state index in [9.17, 15) is 0 Å². The molecule has 0 amide bonds. The first-order valence-corrected chi connectivity index (χ1v) is 8.02. The number of hydrogen-bond acceptors (Lipinski definition) is 4. The van der Waals surface area contributed by atoms with Crippen LogP contribution in [-0.4, -0.2) is 39.0 Å². The SMILES string of the molecule is COCOCCCCCCCCCC1COC(C)(C)O1. The van der Waals surface area contributed by atoms with Gasteiger partial charge >= 0.3 is 0 Å². The van der Waals surface area contributed by atoms with E-state index in [0.717, 1.165) is 26.1 Å². The predicted octanol–water partition coefficient (Wildman–Crippen LogP) is 3.88. The van der Waals surface area contributed by atoms with Crippen molar-refractivity contribution in [3.05, 3.63) is 0 Å². The van der Waals surface area contributed by atoms with Crippen molar-refractivity contribution < 1.29 is 18.9 Å². The van der Waals surface area contributed by atoms with Gasteiger partial charge in [0.1, 0.15) is 6.79 Å². The molecule has 20 heavy (non-hydrogen) atoms. The Morgan fingerprint density at radius 2 is 1.65 bits per heavy atom. The lowest BCUT2D eigenvalue weighted by molar-refractivity contribution is -0.139. The lowest BCUT2D eigenvalue weighted by atomic mass is 10.1. The molecule has 4 heteroatoms. The Kier molecular flexibility index (Phi) is 9.44. The number of methoxy groups -OCH3 is 1. The van der Waals surface area contributed by atoms with Gasteiger partial charge in [-0.3, -0.25) is 0 Å². The van der Waals surface area contributed by atoms with Crippen molar-refractivity contribution in [1.29, 1.82) is 0 Å². The van der Waals surface area contributed by atoms with E-state index in [4.69, 9.17) is 18.9 Å². The molecule has 1 heterocycles. The van der Waals surface area contributed by atoms with Crippen LogP contribution in [0.1, 0.15) is 65.2 Å². The topological polar surface area (TPSA) is 36.9 Å². The van der Waals surface area contributed by atoms with Gasteiger partial charge in [0.15, 0.2) is 5.79 Å². The molecule has 1 fully saturated rings. The average molecular weight is 288 g/mol. The van der Waals surface area contributed by atoms with Crippen molar-refractivity contribution in [2.75, 3.05) is 27.1 Å². The Morgan fingerprint density at radius 1 is 1.00 bits per heavy atom. The lowest BCUT2D eigenvalue weighted by Gasteiger charge is -2.16. The summed E-state index contributed by atoms with van der Waals surface area (Å²) < 4.78 is 21.4. The molecule has 1 rings (SSSR count). The molecule has 0 aliphatic carbocycles. The standard InChI is InChI=1S/C16H32O4/c1-16(2)19-13-15(20-16)11-9-7-5-4-6-8-10-12-18-14-17-3/h15H,4-14H2,1-3H3. The summed E-state index contributed by atoms with van der Waals surface area (Å²) >= 11 is 0. The summed E-state index contributed by atoms with van der Waals surface area (Å²) in [6, 6.07) is 0. The fraction of sp³-hybridized carbons (Fsp3) is 1.00. The van der Waals surface area contributed by atoms with Crippen LogP contribution in [0.4, 0.5) is 0 Å². The van der Waals surface area contributed by atoms with Gasteiger partial charge < -0.3 is 18.9 Å². The highest BCUT2D eigenvalue weighted by molar-refractivity contribution is 4.70. The van der Waals surface area contributed by atoms with E-state index < -0.39 is 0 Å². The maximum Gasteiger partial charge on any atom is 0.163 e. The van der Waals surface area contributed by atoms with Crippen LogP contribution in [0.3, 0.4) is 0 Å². The molecule has 4 nitrogen and oxygen atoms in total. The molecule has 1 saturated heterocycles. The summed E-state index contributed by atoms with van der Waals surface area (Å²) in [6.07, 6.45) is 10.4. The summed E-state index contributed by atoms with van der Waals surface area (Å²) in [5.74, 6) is -0.366. The highest BCUT2D eigenvalue weighted by atomic mass is 16.7. The monoisotopic (exact) mass is 288 g/mol. The molecule has 1 aliphatic heterocycles. The van der Waals surface area contributed by atoms with Crippen molar-refractivity contribution >= 4 is 0 Å². The molecule has 0 N–H and O–H groups in total. The molecule has 0 aromatic carbocycles. The minimum atomic E-state index is -0.366. The van der Waals surface area contributed by atoms with E-state index in [1.807, 2.05) is 13.8 Å². The first-order chi connectivity index (χ1) is 9.64. The maximum absolute atomic E-state index is 5.79. The summed E-state index contributed by atoms with van der Waals surface area (Å²) in [6.45, 7) is 5.98. The van der Waals surface area contributed by atoms with E-state index >= 15 is 0 Å². The molecule has 1 unspecified atom stereocenters. The van der Waals surface area contributed by atoms with Gasteiger partial charge in [-0.1, -0.05) is 38.5 Å². The van der Waals surface area contributed by atoms with E-state index in [2.05, 4.69) is 0 Å². The van der Waals surface area contributed by atoms with Crippen molar-refractivity contribution in [3.8, 4) is 0 Å². The third-order valence-electron chi connectivity index (χ3n) is 3.58. The Balaban J connectivity index is 1.77. The van der Waals surface area contributed by atoms with Crippen molar-refractivity contribution in [2.24, 2.45) is 0 Å². The molecule has 0 saturated carbocycles. The zero-order valence-electron chi connectivity index (χ0n) is 13.5. The fourth-order valence-corrected chi connectivity index (χ4v) is 2.51. The highest BCUT2D eigenvalue weighted by Crippen LogP contribution is 2.25. The lowest BCUT2D eigenvalue weighted by Crippen LogP contribution is -2.21. The molecule has 0 aromatic heterocycles. The summed E-state index contributed by atoms with van der Waals surface area (Å²) in [5, 5.41) is 0. The van der Waals surface area contributed by atoms with E-state index in [-0.39, 0.29) is 5.79 Å². The molecule has 0 aromatic rings. The number of rotatable bonds is 12. The number of unbranched alkanes of at least 4 members (excludes halogenated alkanes) is 6. The summed E-state index contributed by atoms with van der Waals surface area (Å²) in [7, 11) is 1.66. The fourth-order valence-electron chi connectivity index (χ4n) is 2.51. The third-order valence-corrected chi connectivity index (χ3v) is 3.58. The average Bonchev–Trinajstić information content (AvgIpc) is 2.75. The minimum absolute atomic E-state index is 0.308. The van der Waals surface area contributed by atoms with Gasteiger partial charge in [-0.2, -0.15) is 0 Å². The zero-order valence-corrected chi connectivity index (χ0v) is 13.5. The Morgan fingerprint density at radius 3 is 2.25 bits per heavy atom. The van der Waals surface area contributed by atoms with Gasteiger partial charge in [-0.05, 0) is 26.7 Å². The molecule has 1 aliphatic rings. The van der Waals surface area contributed by atoms with Crippen molar-refractivity contribution in [3.63, 3.8) is 0 Å². The van der Waals surface area contributed by atoms with Crippen LogP contribution >= 0.6 is 0 Å². The van der Waals surface area contributed by atoms with Gasteiger partial charge in [0.05, 0.1) is 12.7 Å². The Hall–Kier alpha value is -0.160. The second-order valence-corrected chi connectivity index (χ2v) is 6.03.